The Labute approximate surface area is 161 Å². The van der Waals surface area contributed by atoms with Crippen molar-refractivity contribution in [3.63, 3.8) is 0 Å². The summed E-state index contributed by atoms with van der Waals surface area (Å²) < 4.78 is 68.5. The van der Waals surface area contributed by atoms with E-state index in [4.69, 9.17) is 0 Å². The molecule has 28 heavy (non-hydrogen) atoms. The third-order valence-electron chi connectivity index (χ3n) is 4.14. The van der Waals surface area contributed by atoms with E-state index in [9.17, 15) is 26.4 Å². The number of carbonyl (C=O) groups excluding carboxylic acids is 1. The van der Waals surface area contributed by atoms with Gasteiger partial charge in [-0.15, -0.1) is 0 Å². The number of amides is 1. The van der Waals surface area contributed by atoms with E-state index < -0.39 is 45.6 Å². The van der Waals surface area contributed by atoms with Gasteiger partial charge in [0.15, 0.2) is 17.5 Å². The number of benzene rings is 1. The third kappa shape index (κ3) is 4.20. The Balaban J connectivity index is 2.29. The summed E-state index contributed by atoms with van der Waals surface area (Å²) in [5.74, 6) is -5.57. The van der Waals surface area contributed by atoms with Gasteiger partial charge in [0, 0.05) is 13.6 Å². The number of anilines is 1. The molecule has 1 heterocycles. The fourth-order valence-electron chi connectivity index (χ4n) is 2.76. The summed E-state index contributed by atoms with van der Waals surface area (Å²) in [4.78, 5) is 12.3. The van der Waals surface area contributed by atoms with Crippen LogP contribution in [0.3, 0.4) is 0 Å². The number of hydrogen-bond donors (Lipinski definition) is 1. The maximum absolute atomic E-state index is 13.7. The van der Waals surface area contributed by atoms with Gasteiger partial charge in [0.1, 0.15) is 4.90 Å². The minimum absolute atomic E-state index is 0.00439. The highest BCUT2D eigenvalue weighted by Gasteiger charge is 2.31. The van der Waals surface area contributed by atoms with Gasteiger partial charge in [0.25, 0.3) is 0 Å². The van der Waals surface area contributed by atoms with Gasteiger partial charge in [0.05, 0.1) is 23.6 Å². The van der Waals surface area contributed by atoms with Gasteiger partial charge in [-0.3, -0.25) is 9.48 Å². The minimum atomic E-state index is -4.05. The van der Waals surface area contributed by atoms with Gasteiger partial charge in [0.2, 0.25) is 15.9 Å². The number of hydrogen-bond acceptors (Lipinski definition) is 4. The molecule has 0 fully saturated rings. The van der Waals surface area contributed by atoms with Crippen molar-refractivity contribution in [1.82, 2.24) is 14.1 Å². The van der Waals surface area contributed by atoms with Crippen molar-refractivity contribution in [3.05, 3.63) is 41.0 Å². The summed E-state index contributed by atoms with van der Waals surface area (Å²) >= 11 is 0. The van der Waals surface area contributed by atoms with Crippen LogP contribution in [-0.2, 0) is 21.9 Å². The van der Waals surface area contributed by atoms with Crippen LogP contribution in [0.5, 0.6) is 0 Å². The average molecular weight is 418 g/mol. The van der Waals surface area contributed by atoms with E-state index in [2.05, 4.69) is 10.4 Å². The van der Waals surface area contributed by atoms with E-state index in [-0.39, 0.29) is 17.1 Å². The zero-order chi connectivity index (χ0) is 21.2. The SMILES string of the molecule is CCCN(CC(=O)Nc1ccc(F)c(F)c1F)S(=O)(=O)c1c(C)nn(C)c1C. The summed E-state index contributed by atoms with van der Waals surface area (Å²) in [5.41, 5.74) is 0.116. The van der Waals surface area contributed by atoms with Crippen molar-refractivity contribution in [1.29, 1.82) is 0 Å². The highest BCUT2D eigenvalue weighted by molar-refractivity contribution is 7.89. The van der Waals surface area contributed by atoms with Crippen LogP contribution < -0.4 is 5.32 Å². The second-order valence-electron chi connectivity index (χ2n) is 6.23. The zero-order valence-electron chi connectivity index (χ0n) is 15.9. The maximum atomic E-state index is 13.7. The van der Waals surface area contributed by atoms with Crippen molar-refractivity contribution >= 4 is 21.6 Å². The molecule has 11 heteroatoms. The fourth-order valence-corrected chi connectivity index (χ4v) is 4.65. The molecule has 0 aliphatic carbocycles. The number of nitrogens with zero attached hydrogens (tertiary/aromatic N) is 3. The summed E-state index contributed by atoms with van der Waals surface area (Å²) in [5, 5.41) is 6.16. The Hall–Kier alpha value is -2.40. The molecule has 0 saturated carbocycles. The molecule has 1 amide bonds. The van der Waals surface area contributed by atoms with E-state index in [1.165, 1.54) is 4.68 Å². The molecule has 0 aliphatic rings. The van der Waals surface area contributed by atoms with Gasteiger partial charge in [-0.05, 0) is 32.4 Å². The monoisotopic (exact) mass is 418 g/mol. The Kier molecular flexibility index (Phi) is 6.50. The molecule has 0 aliphatic heterocycles. The lowest BCUT2D eigenvalue weighted by atomic mass is 10.2. The fraction of sp³-hybridized carbons (Fsp3) is 0.412. The second kappa shape index (κ2) is 8.31. The lowest BCUT2D eigenvalue weighted by Crippen LogP contribution is -2.39. The largest absolute Gasteiger partial charge is 0.322 e. The number of aryl methyl sites for hydroxylation is 2. The zero-order valence-corrected chi connectivity index (χ0v) is 16.7. The predicted molar refractivity (Wildman–Crippen MR) is 96.7 cm³/mol. The number of halogens is 3. The lowest BCUT2D eigenvalue weighted by Gasteiger charge is -2.21. The maximum Gasteiger partial charge on any atom is 0.247 e. The lowest BCUT2D eigenvalue weighted by molar-refractivity contribution is -0.116. The molecule has 0 bridgehead atoms. The summed E-state index contributed by atoms with van der Waals surface area (Å²) in [6.07, 6.45) is 0.421. The topological polar surface area (TPSA) is 84.3 Å². The van der Waals surface area contributed by atoms with Crippen LogP contribution in [-0.4, -0.2) is 41.5 Å². The summed E-state index contributed by atoms with van der Waals surface area (Å²) in [7, 11) is -2.45. The van der Waals surface area contributed by atoms with Gasteiger partial charge in [-0.1, -0.05) is 6.92 Å². The van der Waals surface area contributed by atoms with Gasteiger partial charge in [-0.25, -0.2) is 21.6 Å². The minimum Gasteiger partial charge on any atom is -0.322 e. The molecule has 0 atom stereocenters. The van der Waals surface area contributed by atoms with E-state index in [0.29, 0.717) is 18.2 Å². The Morgan fingerprint density at radius 1 is 1.21 bits per heavy atom. The van der Waals surface area contributed by atoms with Crippen LogP contribution in [0.15, 0.2) is 17.0 Å². The molecule has 0 unspecified atom stereocenters. The average Bonchev–Trinajstić information content (AvgIpc) is 2.87. The molecule has 0 saturated heterocycles. The first-order valence-electron chi connectivity index (χ1n) is 8.44. The first-order chi connectivity index (χ1) is 13.0. The molecule has 1 aromatic heterocycles. The second-order valence-corrected chi connectivity index (χ2v) is 8.11. The molecular weight excluding hydrogens is 397 g/mol. The number of sulfonamides is 1. The van der Waals surface area contributed by atoms with Crippen LogP contribution >= 0.6 is 0 Å². The Bertz CT molecular complexity index is 1010. The normalized spacial score (nSPS) is 11.9. The van der Waals surface area contributed by atoms with E-state index >= 15 is 0 Å². The molecule has 1 aromatic carbocycles. The van der Waals surface area contributed by atoms with Crippen LogP contribution in [0.2, 0.25) is 0 Å². The van der Waals surface area contributed by atoms with Gasteiger partial charge < -0.3 is 5.32 Å². The quantitative estimate of drug-likeness (QED) is 0.701. The molecular formula is C17H21F3N4O3S. The molecule has 7 nitrogen and oxygen atoms in total. The Morgan fingerprint density at radius 2 is 1.86 bits per heavy atom. The smallest absolute Gasteiger partial charge is 0.247 e. The molecule has 154 valence electrons. The highest BCUT2D eigenvalue weighted by atomic mass is 32.2. The van der Waals surface area contributed by atoms with Crippen molar-refractivity contribution in [3.8, 4) is 0 Å². The summed E-state index contributed by atoms with van der Waals surface area (Å²) in [6.45, 7) is 4.28. The van der Waals surface area contributed by atoms with E-state index in [1.807, 2.05) is 0 Å². The predicted octanol–water partition coefficient (Wildman–Crippen LogP) is 2.49. The molecule has 0 spiro atoms. The van der Waals surface area contributed by atoms with Crippen molar-refractivity contribution in [2.75, 3.05) is 18.4 Å². The van der Waals surface area contributed by atoms with Crippen LogP contribution in [0.1, 0.15) is 24.7 Å². The van der Waals surface area contributed by atoms with Crippen molar-refractivity contribution < 1.29 is 26.4 Å². The van der Waals surface area contributed by atoms with E-state index in [1.54, 1.807) is 27.8 Å². The van der Waals surface area contributed by atoms with Crippen molar-refractivity contribution in [2.45, 2.75) is 32.1 Å². The molecule has 2 rings (SSSR count). The van der Waals surface area contributed by atoms with Gasteiger partial charge in [-0.2, -0.15) is 9.40 Å². The Morgan fingerprint density at radius 3 is 2.39 bits per heavy atom. The third-order valence-corrected chi connectivity index (χ3v) is 6.24. The number of rotatable bonds is 7. The molecule has 2 aromatic rings. The first-order valence-corrected chi connectivity index (χ1v) is 9.88. The number of carbonyl (C=O) groups is 1. The first kappa shape index (κ1) is 21.9. The van der Waals surface area contributed by atoms with Crippen LogP contribution in [0.25, 0.3) is 0 Å². The van der Waals surface area contributed by atoms with Crippen LogP contribution in [0.4, 0.5) is 18.9 Å². The van der Waals surface area contributed by atoms with Crippen molar-refractivity contribution in [2.24, 2.45) is 7.05 Å². The molecule has 1 N–H and O–H groups in total. The molecule has 0 radical (unpaired) electrons. The van der Waals surface area contributed by atoms with Gasteiger partial charge >= 0.3 is 0 Å². The highest BCUT2D eigenvalue weighted by Crippen LogP contribution is 2.24. The summed E-state index contributed by atoms with van der Waals surface area (Å²) in [6, 6.07) is 1.52. The number of aromatic nitrogens is 2. The van der Waals surface area contributed by atoms with E-state index in [0.717, 1.165) is 10.4 Å². The number of nitrogens with one attached hydrogen (secondary N) is 1. The standard InChI is InChI=1S/C17H21F3N4O3S/c1-5-8-24(28(26,27)17-10(2)22-23(4)11(17)3)9-14(25)21-13-7-6-12(18)15(19)16(13)20/h6-7H,5,8-9H2,1-4H3,(H,21,25). The van der Waals surface area contributed by atoms with Crippen LogP contribution in [0, 0.1) is 31.3 Å².